The van der Waals surface area contributed by atoms with Gasteiger partial charge in [-0.3, -0.25) is 14.9 Å². The third kappa shape index (κ3) is 5.87. The van der Waals surface area contributed by atoms with Crippen molar-refractivity contribution in [3.63, 3.8) is 0 Å². The van der Waals surface area contributed by atoms with E-state index in [1.165, 1.54) is 11.3 Å². The van der Waals surface area contributed by atoms with Crippen LogP contribution in [0.3, 0.4) is 0 Å². The van der Waals surface area contributed by atoms with E-state index in [0.29, 0.717) is 27.8 Å². The molecule has 0 atom stereocenters. The number of halogens is 1. The monoisotopic (exact) mass is 442 g/mol. The van der Waals surface area contributed by atoms with Crippen molar-refractivity contribution in [2.24, 2.45) is 5.92 Å². The summed E-state index contributed by atoms with van der Waals surface area (Å²) in [4.78, 5) is 24.9. The molecule has 0 fully saturated rings. The number of hydrogen-bond acceptors (Lipinski definition) is 5. The van der Waals surface area contributed by atoms with Crippen LogP contribution in [0, 0.1) is 5.92 Å². The van der Waals surface area contributed by atoms with E-state index in [4.69, 9.17) is 11.6 Å². The topological polar surface area (TPSA) is 84.0 Å². The van der Waals surface area contributed by atoms with E-state index in [9.17, 15) is 9.59 Å². The van der Waals surface area contributed by atoms with Crippen LogP contribution in [-0.2, 0) is 11.2 Å². The molecule has 0 aliphatic carbocycles. The van der Waals surface area contributed by atoms with E-state index >= 15 is 0 Å². The van der Waals surface area contributed by atoms with Gasteiger partial charge in [0.25, 0.3) is 5.91 Å². The fourth-order valence-electron chi connectivity index (χ4n) is 2.96. The number of carbonyl (C=O) groups excluding carboxylic acids is 2. The molecule has 2 aromatic carbocycles. The van der Waals surface area contributed by atoms with Gasteiger partial charge in [-0.1, -0.05) is 55.0 Å². The average Bonchev–Trinajstić information content (AvgIpc) is 3.17. The first-order chi connectivity index (χ1) is 14.5. The van der Waals surface area contributed by atoms with Crippen LogP contribution in [0.15, 0.2) is 48.5 Å². The molecule has 0 unspecified atom stereocenters. The number of nitrogens with one attached hydrogen (secondary N) is 2. The lowest BCUT2D eigenvalue weighted by molar-refractivity contribution is -0.120. The Morgan fingerprint density at radius 3 is 2.47 bits per heavy atom. The summed E-state index contributed by atoms with van der Waals surface area (Å²) in [5.74, 6) is -0.376. The van der Waals surface area contributed by atoms with Gasteiger partial charge in [0, 0.05) is 28.6 Å². The molecule has 6 nitrogen and oxygen atoms in total. The Hall–Kier alpha value is -2.77. The molecule has 0 bridgehead atoms. The van der Waals surface area contributed by atoms with Crippen molar-refractivity contribution in [1.82, 2.24) is 10.2 Å². The number of rotatable bonds is 8. The molecule has 156 valence electrons. The Labute approximate surface area is 184 Å². The van der Waals surface area contributed by atoms with Gasteiger partial charge >= 0.3 is 0 Å². The van der Waals surface area contributed by atoms with Gasteiger partial charge in [0.2, 0.25) is 11.0 Å². The Morgan fingerprint density at radius 2 is 1.77 bits per heavy atom. The smallest absolute Gasteiger partial charge is 0.257 e. The van der Waals surface area contributed by atoms with Gasteiger partial charge in [-0.05, 0) is 48.7 Å². The van der Waals surface area contributed by atoms with Crippen molar-refractivity contribution >= 4 is 45.6 Å². The summed E-state index contributed by atoms with van der Waals surface area (Å²) in [7, 11) is 0. The van der Waals surface area contributed by atoms with E-state index < -0.39 is 0 Å². The van der Waals surface area contributed by atoms with E-state index in [-0.39, 0.29) is 17.7 Å². The zero-order valence-electron chi connectivity index (χ0n) is 16.8. The third-order valence-corrected chi connectivity index (χ3v) is 5.80. The Morgan fingerprint density at radius 1 is 1.03 bits per heavy atom. The minimum atomic E-state index is -0.303. The van der Waals surface area contributed by atoms with E-state index in [1.807, 2.05) is 38.1 Å². The summed E-state index contributed by atoms with van der Waals surface area (Å²) in [5, 5.41) is 15.7. The molecule has 2 amide bonds. The van der Waals surface area contributed by atoms with Gasteiger partial charge in [0.1, 0.15) is 5.01 Å². The fourth-order valence-corrected chi connectivity index (χ4v) is 3.86. The Bertz CT molecular complexity index is 1020. The second-order valence-electron chi connectivity index (χ2n) is 6.84. The molecular weight excluding hydrogens is 420 g/mol. The van der Waals surface area contributed by atoms with Crippen molar-refractivity contribution < 1.29 is 9.59 Å². The molecule has 3 rings (SSSR count). The first-order valence-corrected chi connectivity index (χ1v) is 11.0. The highest BCUT2D eigenvalue weighted by molar-refractivity contribution is 7.15. The molecule has 0 radical (unpaired) electrons. The maximum Gasteiger partial charge on any atom is 0.257 e. The minimum Gasteiger partial charge on any atom is -0.326 e. The number of hydrogen-bond donors (Lipinski definition) is 2. The molecule has 0 aliphatic rings. The van der Waals surface area contributed by atoms with Gasteiger partial charge < -0.3 is 5.32 Å². The second kappa shape index (κ2) is 10.3. The quantitative estimate of drug-likeness (QED) is 0.488. The lowest BCUT2D eigenvalue weighted by Gasteiger charge is -2.13. The molecule has 0 spiro atoms. The lowest BCUT2D eigenvalue weighted by atomic mass is 10.0. The molecule has 30 heavy (non-hydrogen) atoms. The predicted octanol–water partition coefficient (Wildman–Crippen LogP) is 5.41. The summed E-state index contributed by atoms with van der Waals surface area (Å²) in [6.45, 7) is 3.97. The molecule has 0 aliphatic heterocycles. The highest BCUT2D eigenvalue weighted by Gasteiger charge is 2.15. The molecule has 8 heteroatoms. The summed E-state index contributed by atoms with van der Waals surface area (Å²) < 4.78 is 0. The summed E-state index contributed by atoms with van der Waals surface area (Å²) in [5.41, 5.74) is 2.10. The number of anilines is 2. The largest absolute Gasteiger partial charge is 0.326 e. The lowest BCUT2D eigenvalue weighted by Crippen LogP contribution is -2.22. The Kier molecular flexibility index (Phi) is 7.54. The summed E-state index contributed by atoms with van der Waals surface area (Å²) >= 11 is 7.23. The van der Waals surface area contributed by atoms with Crippen LogP contribution in [0.2, 0.25) is 5.02 Å². The SMILES string of the molecule is CCC(CC)C(=O)Nc1cccc(C(=O)Nc2nnc(Cc3ccc(Cl)cc3)s2)c1. The number of benzene rings is 2. The first kappa shape index (κ1) is 21.9. The third-order valence-electron chi connectivity index (χ3n) is 4.70. The fraction of sp³-hybridized carbons (Fsp3) is 0.273. The maximum atomic E-state index is 12.6. The number of nitrogens with zero attached hydrogens (tertiary/aromatic N) is 2. The van der Waals surface area contributed by atoms with Gasteiger partial charge in [0.15, 0.2) is 0 Å². The van der Waals surface area contributed by atoms with Crippen LogP contribution in [-0.4, -0.2) is 22.0 Å². The van der Waals surface area contributed by atoms with Crippen LogP contribution < -0.4 is 10.6 Å². The zero-order valence-corrected chi connectivity index (χ0v) is 18.4. The van der Waals surface area contributed by atoms with Crippen molar-refractivity contribution in [1.29, 1.82) is 0 Å². The van der Waals surface area contributed by atoms with Gasteiger partial charge in [0.05, 0.1) is 0 Å². The number of amides is 2. The summed E-state index contributed by atoms with van der Waals surface area (Å²) in [6.07, 6.45) is 2.16. The van der Waals surface area contributed by atoms with Gasteiger partial charge in [-0.2, -0.15) is 0 Å². The van der Waals surface area contributed by atoms with Crippen LogP contribution in [0.5, 0.6) is 0 Å². The van der Waals surface area contributed by atoms with Crippen molar-refractivity contribution in [2.45, 2.75) is 33.1 Å². The normalized spacial score (nSPS) is 10.8. The molecule has 3 aromatic rings. The van der Waals surface area contributed by atoms with E-state index in [0.717, 1.165) is 23.4 Å². The van der Waals surface area contributed by atoms with E-state index in [1.54, 1.807) is 24.3 Å². The van der Waals surface area contributed by atoms with Crippen LogP contribution in [0.1, 0.15) is 47.6 Å². The molecule has 1 heterocycles. The molecular formula is C22H23ClN4O2S. The van der Waals surface area contributed by atoms with Crippen molar-refractivity contribution in [3.05, 3.63) is 69.7 Å². The number of aromatic nitrogens is 2. The van der Waals surface area contributed by atoms with E-state index in [2.05, 4.69) is 20.8 Å². The van der Waals surface area contributed by atoms with Crippen LogP contribution in [0.4, 0.5) is 10.8 Å². The van der Waals surface area contributed by atoms with Crippen molar-refractivity contribution in [2.75, 3.05) is 10.6 Å². The van der Waals surface area contributed by atoms with Gasteiger partial charge in [-0.25, -0.2) is 0 Å². The maximum absolute atomic E-state index is 12.6. The highest BCUT2D eigenvalue weighted by atomic mass is 35.5. The first-order valence-electron chi connectivity index (χ1n) is 9.77. The highest BCUT2D eigenvalue weighted by Crippen LogP contribution is 2.21. The zero-order chi connectivity index (χ0) is 21.5. The summed E-state index contributed by atoms with van der Waals surface area (Å²) in [6, 6.07) is 14.4. The molecule has 0 saturated carbocycles. The molecule has 2 N–H and O–H groups in total. The Balaban J connectivity index is 1.63. The van der Waals surface area contributed by atoms with Crippen LogP contribution in [0.25, 0.3) is 0 Å². The molecule has 0 saturated heterocycles. The second-order valence-corrected chi connectivity index (χ2v) is 8.34. The van der Waals surface area contributed by atoms with Crippen molar-refractivity contribution in [3.8, 4) is 0 Å². The van der Waals surface area contributed by atoms with Crippen LogP contribution >= 0.6 is 22.9 Å². The predicted molar refractivity (Wildman–Crippen MR) is 121 cm³/mol. The van der Waals surface area contributed by atoms with Gasteiger partial charge in [-0.15, -0.1) is 10.2 Å². The number of carbonyl (C=O) groups is 2. The standard InChI is InChI=1S/C22H23ClN4O2S/c1-3-15(4-2)20(28)24-18-7-5-6-16(13-18)21(29)25-22-27-26-19(30-22)12-14-8-10-17(23)11-9-14/h5-11,13,15H,3-4,12H2,1-2H3,(H,24,28)(H,25,27,29). The average molecular weight is 443 g/mol. The molecule has 1 aromatic heterocycles. The minimum absolute atomic E-state index is 0.0338.